The van der Waals surface area contributed by atoms with Crippen LogP contribution in [-0.4, -0.2) is 5.38 Å². The maximum Gasteiger partial charge on any atom is 0.0543 e. The summed E-state index contributed by atoms with van der Waals surface area (Å²) in [6, 6.07) is 0. The van der Waals surface area contributed by atoms with E-state index in [-0.39, 0.29) is 5.38 Å². The van der Waals surface area contributed by atoms with Crippen LogP contribution in [-0.2, 0) is 0 Å². The fourth-order valence-corrected chi connectivity index (χ4v) is 0.747. The molecule has 0 aromatic carbocycles. The van der Waals surface area contributed by atoms with Crippen LogP contribution in [0.25, 0.3) is 0 Å². The minimum atomic E-state index is 0.205. The summed E-state index contributed by atoms with van der Waals surface area (Å²) in [5.41, 5.74) is 1.24. The van der Waals surface area contributed by atoms with Crippen LogP contribution in [0.15, 0.2) is 23.8 Å². The lowest BCUT2D eigenvalue weighted by atomic mass is 10.1. The first-order chi connectivity index (χ1) is 4.72. The summed E-state index contributed by atoms with van der Waals surface area (Å²) in [5, 5.41) is 0.205. The third-order valence-electron chi connectivity index (χ3n) is 1.40. The van der Waals surface area contributed by atoms with Gasteiger partial charge in [-0.2, -0.15) is 0 Å². The van der Waals surface area contributed by atoms with Gasteiger partial charge in [-0.25, -0.2) is 0 Å². The number of rotatable bonds is 3. The van der Waals surface area contributed by atoms with E-state index in [1.807, 2.05) is 19.1 Å². The molecule has 0 aromatic heterocycles. The molecule has 0 fully saturated rings. The van der Waals surface area contributed by atoms with Gasteiger partial charge >= 0.3 is 0 Å². The van der Waals surface area contributed by atoms with E-state index in [9.17, 15) is 0 Å². The molecule has 0 radical (unpaired) electrons. The fraction of sp³-hybridized carbons (Fsp3) is 0.556. The van der Waals surface area contributed by atoms with Crippen molar-refractivity contribution in [2.24, 2.45) is 0 Å². The highest BCUT2D eigenvalue weighted by molar-refractivity contribution is 6.22. The Morgan fingerprint density at radius 2 is 2.20 bits per heavy atom. The first-order valence-electron chi connectivity index (χ1n) is 3.65. The molecule has 0 bridgehead atoms. The van der Waals surface area contributed by atoms with Gasteiger partial charge in [0.05, 0.1) is 5.38 Å². The highest BCUT2D eigenvalue weighted by Crippen LogP contribution is 2.12. The standard InChI is InChI=1S/C9H15Cl/c1-4-6-7-8(3)9(10)5-2/h4,6-7,9H,5H2,1-3H3. The molecule has 0 aliphatic heterocycles. The first-order valence-corrected chi connectivity index (χ1v) is 4.09. The highest BCUT2D eigenvalue weighted by Gasteiger charge is 2.00. The molecule has 0 saturated heterocycles. The second-order valence-electron chi connectivity index (χ2n) is 2.31. The van der Waals surface area contributed by atoms with Crippen molar-refractivity contribution in [3.05, 3.63) is 23.8 Å². The van der Waals surface area contributed by atoms with E-state index in [1.165, 1.54) is 5.57 Å². The van der Waals surface area contributed by atoms with Crippen LogP contribution < -0.4 is 0 Å². The Hall–Kier alpha value is -0.230. The van der Waals surface area contributed by atoms with Crippen LogP contribution in [0.1, 0.15) is 27.2 Å². The predicted molar refractivity (Wildman–Crippen MR) is 48.5 cm³/mol. The molecule has 1 heteroatoms. The summed E-state index contributed by atoms with van der Waals surface area (Å²) >= 11 is 5.95. The average Bonchev–Trinajstić information content (AvgIpc) is 1.98. The van der Waals surface area contributed by atoms with E-state index in [1.54, 1.807) is 0 Å². The number of alkyl halides is 1. The Bertz CT molecular complexity index is 134. The van der Waals surface area contributed by atoms with Crippen LogP contribution in [0.3, 0.4) is 0 Å². The molecule has 0 rings (SSSR count). The summed E-state index contributed by atoms with van der Waals surface area (Å²) < 4.78 is 0. The zero-order chi connectivity index (χ0) is 7.98. The SMILES string of the molecule is CC=CC=C(C)C(Cl)CC. The molecule has 10 heavy (non-hydrogen) atoms. The molecular formula is C9H15Cl. The topological polar surface area (TPSA) is 0 Å². The molecule has 0 saturated carbocycles. The van der Waals surface area contributed by atoms with Crippen molar-refractivity contribution < 1.29 is 0 Å². The molecule has 1 unspecified atom stereocenters. The third kappa shape index (κ3) is 3.73. The minimum Gasteiger partial charge on any atom is -0.118 e. The first kappa shape index (κ1) is 9.77. The molecule has 58 valence electrons. The third-order valence-corrected chi connectivity index (χ3v) is 2.06. The zero-order valence-corrected chi connectivity index (χ0v) is 7.65. The Morgan fingerprint density at radius 3 is 2.60 bits per heavy atom. The lowest BCUT2D eigenvalue weighted by Gasteiger charge is -2.04. The number of allylic oxidation sites excluding steroid dienone is 4. The van der Waals surface area contributed by atoms with Crippen molar-refractivity contribution in [2.75, 3.05) is 0 Å². The monoisotopic (exact) mass is 158 g/mol. The van der Waals surface area contributed by atoms with Gasteiger partial charge in [0, 0.05) is 0 Å². The molecule has 0 aliphatic rings. The molecule has 0 heterocycles. The van der Waals surface area contributed by atoms with Crippen LogP contribution in [0.5, 0.6) is 0 Å². The van der Waals surface area contributed by atoms with Crippen LogP contribution >= 0.6 is 11.6 Å². The van der Waals surface area contributed by atoms with Crippen LogP contribution in [0, 0.1) is 0 Å². The van der Waals surface area contributed by atoms with E-state index in [0.29, 0.717) is 0 Å². The van der Waals surface area contributed by atoms with Crippen molar-refractivity contribution in [2.45, 2.75) is 32.6 Å². The van der Waals surface area contributed by atoms with E-state index < -0.39 is 0 Å². The molecular weight excluding hydrogens is 144 g/mol. The van der Waals surface area contributed by atoms with Crippen molar-refractivity contribution in [1.29, 1.82) is 0 Å². The van der Waals surface area contributed by atoms with Crippen molar-refractivity contribution in [3.63, 3.8) is 0 Å². The quantitative estimate of drug-likeness (QED) is 0.436. The predicted octanol–water partition coefficient (Wildman–Crippen LogP) is 3.53. The normalized spacial score (nSPS) is 16.2. The average molecular weight is 159 g/mol. The van der Waals surface area contributed by atoms with Gasteiger partial charge in [0.1, 0.15) is 0 Å². The molecule has 0 nitrogen and oxygen atoms in total. The van der Waals surface area contributed by atoms with E-state index >= 15 is 0 Å². The Morgan fingerprint density at radius 1 is 1.60 bits per heavy atom. The summed E-state index contributed by atoms with van der Waals surface area (Å²) in [4.78, 5) is 0. The van der Waals surface area contributed by atoms with Crippen molar-refractivity contribution >= 4 is 11.6 Å². The van der Waals surface area contributed by atoms with Gasteiger partial charge in [0.2, 0.25) is 0 Å². The maximum atomic E-state index is 5.95. The Balaban J connectivity index is 3.91. The lowest BCUT2D eigenvalue weighted by Crippen LogP contribution is -1.96. The van der Waals surface area contributed by atoms with E-state index in [0.717, 1.165) is 6.42 Å². The summed E-state index contributed by atoms with van der Waals surface area (Å²) in [6.07, 6.45) is 7.08. The smallest absolute Gasteiger partial charge is 0.0543 e. The second kappa shape index (κ2) is 5.55. The Labute approximate surface area is 68.6 Å². The summed E-state index contributed by atoms with van der Waals surface area (Å²) in [5.74, 6) is 0. The molecule has 0 aliphatic carbocycles. The fourth-order valence-electron chi connectivity index (χ4n) is 0.674. The molecule has 0 aromatic rings. The van der Waals surface area contributed by atoms with E-state index in [2.05, 4.69) is 19.9 Å². The lowest BCUT2D eigenvalue weighted by molar-refractivity contribution is 0.914. The molecule has 0 spiro atoms. The van der Waals surface area contributed by atoms with Gasteiger partial charge in [-0.3, -0.25) is 0 Å². The van der Waals surface area contributed by atoms with Crippen molar-refractivity contribution in [1.82, 2.24) is 0 Å². The van der Waals surface area contributed by atoms with Gasteiger partial charge < -0.3 is 0 Å². The largest absolute Gasteiger partial charge is 0.118 e. The molecule has 1 atom stereocenters. The van der Waals surface area contributed by atoms with Gasteiger partial charge in [-0.05, 0) is 20.3 Å². The molecule has 0 amide bonds. The van der Waals surface area contributed by atoms with Crippen molar-refractivity contribution in [3.8, 4) is 0 Å². The zero-order valence-electron chi connectivity index (χ0n) is 6.89. The Kier molecular flexibility index (Phi) is 5.42. The minimum absolute atomic E-state index is 0.205. The van der Waals surface area contributed by atoms with Gasteiger partial charge in [0.15, 0.2) is 0 Å². The number of hydrogen-bond acceptors (Lipinski definition) is 0. The number of halogens is 1. The second-order valence-corrected chi connectivity index (χ2v) is 2.84. The maximum absolute atomic E-state index is 5.95. The number of hydrogen-bond donors (Lipinski definition) is 0. The highest BCUT2D eigenvalue weighted by atomic mass is 35.5. The molecule has 0 N–H and O–H groups in total. The van der Waals surface area contributed by atoms with Crippen LogP contribution in [0.2, 0.25) is 0 Å². The van der Waals surface area contributed by atoms with Gasteiger partial charge in [0.25, 0.3) is 0 Å². The van der Waals surface area contributed by atoms with Crippen LogP contribution in [0.4, 0.5) is 0 Å². The van der Waals surface area contributed by atoms with Gasteiger partial charge in [-0.15, -0.1) is 11.6 Å². The van der Waals surface area contributed by atoms with Gasteiger partial charge in [-0.1, -0.05) is 30.7 Å². The summed E-state index contributed by atoms with van der Waals surface area (Å²) in [7, 11) is 0. The van der Waals surface area contributed by atoms with E-state index in [4.69, 9.17) is 11.6 Å². The summed E-state index contributed by atoms with van der Waals surface area (Å²) in [6.45, 7) is 6.14.